The molecule has 1 aromatic carbocycles. The van der Waals surface area contributed by atoms with Gasteiger partial charge in [0.25, 0.3) is 0 Å². The third-order valence-electron chi connectivity index (χ3n) is 2.33. The lowest BCUT2D eigenvalue weighted by Gasteiger charge is -2.17. The maximum Gasteiger partial charge on any atom is 0.240 e. The topological polar surface area (TPSA) is 29.3 Å². The van der Waals surface area contributed by atoms with E-state index in [0.717, 1.165) is 5.69 Å². The number of anilines is 1. The smallest absolute Gasteiger partial charge is 0.240 e. The van der Waals surface area contributed by atoms with Gasteiger partial charge in [-0.2, -0.15) is 0 Å². The summed E-state index contributed by atoms with van der Waals surface area (Å²) in [7, 11) is 3.76. The van der Waals surface area contributed by atoms with Gasteiger partial charge >= 0.3 is 0 Å². The molecule has 0 saturated heterocycles. The first-order valence-corrected chi connectivity index (χ1v) is 5.30. The molecule has 0 aliphatic heterocycles. The van der Waals surface area contributed by atoms with Crippen molar-refractivity contribution in [2.45, 2.75) is 18.9 Å². The van der Waals surface area contributed by atoms with Crippen LogP contribution >= 0.6 is 24.0 Å². The van der Waals surface area contributed by atoms with Gasteiger partial charge in [0.1, 0.15) is 0 Å². The maximum atomic E-state index is 12.2. The quantitative estimate of drug-likeness (QED) is 0.917. The van der Waals surface area contributed by atoms with Crippen molar-refractivity contribution in [1.29, 1.82) is 0 Å². The van der Waals surface area contributed by atoms with E-state index >= 15 is 0 Å². The van der Waals surface area contributed by atoms with Crippen LogP contribution in [0.2, 0.25) is 5.02 Å². The van der Waals surface area contributed by atoms with Crippen LogP contribution < -0.4 is 10.6 Å². The zero-order valence-electron chi connectivity index (χ0n) is 9.66. The van der Waals surface area contributed by atoms with Crippen LogP contribution in [0.25, 0.3) is 0 Å². The number of alkyl halides is 2. The Hall–Kier alpha value is -0.580. The summed E-state index contributed by atoms with van der Waals surface area (Å²) >= 11 is 6.00. The molecule has 0 aliphatic carbocycles. The van der Waals surface area contributed by atoms with Gasteiger partial charge in [-0.05, 0) is 17.7 Å². The van der Waals surface area contributed by atoms with Crippen LogP contribution in [0.3, 0.4) is 0 Å². The van der Waals surface area contributed by atoms with Crippen LogP contribution in [0.1, 0.15) is 18.0 Å². The van der Waals surface area contributed by atoms with E-state index in [2.05, 4.69) is 0 Å². The monoisotopic (exact) mass is 284 g/mol. The number of halogens is 4. The van der Waals surface area contributed by atoms with Crippen molar-refractivity contribution in [2.75, 3.05) is 19.0 Å². The average Bonchev–Trinajstić information content (AvgIpc) is 2.15. The fourth-order valence-corrected chi connectivity index (χ4v) is 1.73. The first kappa shape index (κ1) is 16.4. The second-order valence-corrected chi connectivity index (χ2v) is 4.24. The summed E-state index contributed by atoms with van der Waals surface area (Å²) in [5, 5.41) is 0.430. The highest BCUT2D eigenvalue weighted by molar-refractivity contribution is 6.31. The van der Waals surface area contributed by atoms with Gasteiger partial charge in [0.15, 0.2) is 0 Å². The molecule has 0 aromatic heterocycles. The van der Waals surface area contributed by atoms with Gasteiger partial charge in [0.2, 0.25) is 6.43 Å². The molecule has 2 nitrogen and oxygen atoms in total. The Morgan fingerprint density at radius 3 is 2.35 bits per heavy atom. The van der Waals surface area contributed by atoms with E-state index in [1.807, 2.05) is 25.1 Å². The van der Waals surface area contributed by atoms with Crippen LogP contribution in [0.4, 0.5) is 14.5 Å². The summed E-state index contributed by atoms with van der Waals surface area (Å²) < 4.78 is 24.4. The summed E-state index contributed by atoms with van der Waals surface area (Å²) in [5.74, 6) is 0. The SMILES string of the molecule is CN(C)c1ccc([C@H](N)CC(F)F)c(Cl)c1.Cl. The third-order valence-corrected chi connectivity index (χ3v) is 2.66. The largest absolute Gasteiger partial charge is 0.378 e. The van der Waals surface area contributed by atoms with Gasteiger partial charge in [-0.15, -0.1) is 12.4 Å². The van der Waals surface area contributed by atoms with E-state index < -0.39 is 12.5 Å². The van der Waals surface area contributed by atoms with Crippen molar-refractivity contribution in [3.05, 3.63) is 28.8 Å². The average molecular weight is 285 g/mol. The molecule has 98 valence electrons. The summed E-state index contributed by atoms with van der Waals surface area (Å²) in [5.41, 5.74) is 7.12. The summed E-state index contributed by atoms with van der Waals surface area (Å²) in [6.07, 6.45) is -2.79. The van der Waals surface area contributed by atoms with Crippen LogP contribution in [0.5, 0.6) is 0 Å². The number of nitrogens with zero attached hydrogens (tertiary/aromatic N) is 1. The molecule has 2 N–H and O–H groups in total. The second kappa shape index (κ2) is 6.99. The lowest BCUT2D eigenvalue weighted by Crippen LogP contribution is -2.15. The van der Waals surface area contributed by atoms with Crippen molar-refractivity contribution in [2.24, 2.45) is 5.73 Å². The standard InChI is InChI=1S/C11H15ClF2N2.ClH/c1-16(2)7-3-4-8(9(12)5-7)10(15)6-11(13)14;/h3-5,10-11H,6,15H2,1-2H3;1H/t10-;/m1./s1. The molecule has 0 heterocycles. The minimum Gasteiger partial charge on any atom is -0.378 e. The van der Waals surface area contributed by atoms with Gasteiger partial charge in [-0.1, -0.05) is 17.7 Å². The molecule has 1 aromatic rings. The number of hydrogen-bond acceptors (Lipinski definition) is 2. The molecular weight excluding hydrogens is 269 g/mol. The fourth-order valence-electron chi connectivity index (χ4n) is 1.41. The molecule has 0 aliphatic rings. The normalized spacial score (nSPS) is 12.2. The predicted molar refractivity (Wildman–Crippen MR) is 70.6 cm³/mol. The van der Waals surface area contributed by atoms with Crippen LogP contribution in [0, 0.1) is 0 Å². The predicted octanol–water partition coefficient (Wildman–Crippen LogP) is 3.48. The molecule has 17 heavy (non-hydrogen) atoms. The molecule has 0 fully saturated rings. The molecule has 0 spiro atoms. The highest BCUT2D eigenvalue weighted by Gasteiger charge is 2.15. The van der Waals surface area contributed by atoms with Crippen LogP contribution in [-0.2, 0) is 0 Å². The zero-order valence-corrected chi connectivity index (χ0v) is 11.2. The first-order valence-electron chi connectivity index (χ1n) is 4.92. The van der Waals surface area contributed by atoms with Crippen molar-refractivity contribution in [3.8, 4) is 0 Å². The van der Waals surface area contributed by atoms with Gasteiger partial charge in [0, 0.05) is 37.3 Å². The molecule has 0 unspecified atom stereocenters. The van der Waals surface area contributed by atoms with Gasteiger partial charge in [0.05, 0.1) is 0 Å². The van der Waals surface area contributed by atoms with E-state index in [4.69, 9.17) is 17.3 Å². The Balaban J connectivity index is 0.00000256. The van der Waals surface area contributed by atoms with Crippen molar-refractivity contribution >= 4 is 29.7 Å². The fraction of sp³-hybridized carbons (Fsp3) is 0.455. The minimum absolute atomic E-state index is 0. The van der Waals surface area contributed by atoms with Gasteiger partial charge in [-0.25, -0.2) is 8.78 Å². The number of nitrogens with two attached hydrogens (primary N) is 1. The molecule has 0 amide bonds. The maximum absolute atomic E-state index is 12.2. The zero-order chi connectivity index (χ0) is 12.3. The number of hydrogen-bond donors (Lipinski definition) is 1. The Morgan fingerprint density at radius 1 is 1.35 bits per heavy atom. The summed E-state index contributed by atoms with van der Waals surface area (Å²) in [4.78, 5) is 1.88. The van der Waals surface area contributed by atoms with Crippen molar-refractivity contribution in [3.63, 3.8) is 0 Å². The third kappa shape index (κ3) is 4.66. The summed E-state index contributed by atoms with van der Waals surface area (Å²) in [6.45, 7) is 0. The number of rotatable bonds is 4. The van der Waals surface area contributed by atoms with Gasteiger partial charge < -0.3 is 10.6 Å². The van der Waals surface area contributed by atoms with E-state index in [1.165, 1.54) is 0 Å². The molecule has 0 radical (unpaired) electrons. The Kier molecular flexibility index (Phi) is 6.75. The molecule has 6 heteroatoms. The second-order valence-electron chi connectivity index (χ2n) is 3.83. The van der Waals surface area contributed by atoms with E-state index in [0.29, 0.717) is 10.6 Å². The lowest BCUT2D eigenvalue weighted by molar-refractivity contribution is 0.128. The Labute approximate surface area is 111 Å². The number of benzene rings is 1. The molecule has 0 bridgehead atoms. The van der Waals surface area contributed by atoms with E-state index in [1.54, 1.807) is 12.1 Å². The Morgan fingerprint density at radius 2 is 1.94 bits per heavy atom. The first-order chi connectivity index (χ1) is 7.41. The highest BCUT2D eigenvalue weighted by atomic mass is 35.5. The van der Waals surface area contributed by atoms with Crippen LogP contribution in [-0.4, -0.2) is 20.5 Å². The Bertz CT molecular complexity index is 359. The summed E-state index contributed by atoms with van der Waals surface area (Å²) in [6, 6.07) is 4.52. The highest BCUT2D eigenvalue weighted by Crippen LogP contribution is 2.28. The lowest BCUT2D eigenvalue weighted by atomic mass is 10.0. The van der Waals surface area contributed by atoms with Crippen molar-refractivity contribution < 1.29 is 8.78 Å². The van der Waals surface area contributed by atoms with Crippen LogP contribution in [0.15, 0.2) is 18.2 Å². The molecule has 1 atom stereocenters. The molecular formula is C11H16Cl2F2N2. The van der Waals surface area contributed by atoms with E-state index in [9.17, 15) is 8.78 Å². The minimum atomic E-state index is -2.42. The molecule has 1 rings (SSSR count). The molecule has 0 saturated carbocycles. The van der Waals surface area contributed by atoms with E-state index in [-0.39, 0.29) is 18.8 Å². The van der Waals surface area contributed by atoms with Gasteiger partial charge in [-0.3, -0.25) is 0 Å². The van der Waals surface area contributed by atoms with Crippen molar-refractivity contribution in [1.82, 2.24) is 0 Å².